The minimum absolute atomic E-state index is 0.897. The van der Waals surface area contributed by atoms with Gasteiger partial charge in [0.1, 0.15) is 5.82 Å². The predicted octanol–water partition coefficient (Wildman–Crippen LogP) is 3.75. The van der Waals surface area contributed by atoms with Crippen LogP contribution in [0.3, 0.4) is 0 Å². The third-order valence-electron chi connectivity index (χ3n) is 2.57. The van der Waals surface area contributed by atoms with Crippen LogP contribution in [0.5, 0.6) is 0 Å². The molecular weight excluding hydrogens is 196 g/mol. The van der Waals surface area contributed by atoms with Crippen molar-refractivity contribution in [3.05, 3.63) is 53.2 Å². The van der Waals surface area contributed by atoms with Crippen LogP contribution in [0.1, 0.15) is 16.7 Å². The highest BCUT2D eigenvalue weighted by Gasteiger charge is 2.00. The lowest BCUT2D eigenvalue weighted by Crippen LogP contribution is -1.96. The van der Waals surface area contributed by atoms with Crippen molar-refractivity contribution in [2.24, 2.45) is 0 Å². The lowest BCUT2D eigenvalue weighted by atomic mass is 10.1. The highest BCUT2D eigenvalue weighted by molar-refractivity contribution is 5.61. The molecule has 2 aromatic rings. The molecule has 0 aliphatic carbocycles. The van der Waals surface area contributed by atoms with Crippen molar-refractivity contribution in [3.63, 3.8) is 0 Å². The Kier molecular flexibility index (Phi) is 2.91. The van der Waals surface area contributed by atoms with Crippen LogP contribution in [-0.2, 0) is 0 Å². The summed E-state index contributed by atoms with van der Waals surface area (Å²) in [6.45, 7) is 6.25. The molecule has 1 aromatic carbocycles. The molecule has 0 fully saturated rings. The molecule has 1 N–H and O–H groups in total. The molecule has 2 rings (SSSR count). The van der Waals surface area contributed by atoms with Gasteiger partial charge in [-0.1, -0.05) is 12.1 Å². The fourth-order valence-electron chi connectivity index (χ4n) is 1.61. The topological polar surface area (TPSA) is 24.9 Å². The van der Waals surface area contributed by atoms with Crippen LogP contribution in [0.2, 0.25) is 0 Å². The summed E-state index contributed by atoms with van der Waals surface area (Å²) in [6, 6.07) is 10.4. The van der Waals surface area contributed by atoms with Crippen molar-refractivity contribution in [2.75, 3.05) is 5.32 Å². The van der Waals surface area contributed by atoms with Gasteiger partial charge in [-0.25, -0.2) is 4.98 Å². The lowest BCUT2D eigenvalue weighted by molar-refractivity contribution is 1.26. The molecule has 0 saturated heterocycles. The van der Waals surface area contributed by atoms with Gasteiger partial charge in [-0.2, -0.15) is 0 Å². The first kappa shape index (κ1) is 10.7. The summed E-state index contributed by atoms with van der Waals surface area (Å²) in [7, 11) is 0. The number of rotatable bonds is 2. The molecule has 1 aromatic heterocycles. The number of benzene rings is 1. The molecule has 1 heterocycles. The molecule has 16 heavy (non-hydrogen) atoms. The van der Waals surface area contributed by atoms with E-state index in [0.29, 0.717) is 0 Å². The molecule has 82 valence electrons. The number of nitrogens with zero attached hydrogens (tertiary/aromatic N) is 1. The first-order valence-corrected chi connectivity index (χ1v) is 5.42. The summed E-state index contributed by atoms with van der Waals surface area (Å²) in [5.74, 6) is 0.897. The Morgan fingerprint density at radius 1 is 0.938 bits per heavy atom. The number of nitrogens with one attached hydrogen (secondary N) is 1. The van der Waals surface area contributed by atoms with E-state index in [1.807, 2.05) is 18.3 Å². The second-order valence-electron chi connectivity index (χ2n) is 4.16. The van der Waals surface area contributed by atoms with Crippen LogP contribution in [0.15, 0.2) is 36.5 Å². The van der Waals surface area contributed by atoms with Gasteiger partial charge in [0, 0.05) is 11.9 Å². The minimum atomic E-state index is 0.897. The number of pyridine rings is 1. The number of aryl methyl sites for hydroxylation is 3. The Bertz CT molecular complexity index is 504. The van der Waals surface area contributed by atoms with Crippen molar-refractivity contribution in [3.8, 4) is 0 Å². The number of anilines is 2. The fraction of sp³-hybridized carbons (Fsp3) is 0.214. The van der Waals surface area contributed by atoms with Gasteiger partial charge in [-0.3, -0.25) is 0 Å². The number of hydrogen-bond acceptors (Lipinski definition) is 2. The average molecular weight is 212 g/mol. The van der Waals surface area contributed by atoms with Gasteiger partial charge in [0.15, 0.2) is 0 Å². The van der Waals surface area contributed by atoms with E-state index in [0.717, 1.165) is 11.5 Å². The van der Waals surface area contributed by atoms with Crippen LogP contribution in [0.4, 0.5) is 11.5 Å². The minimum Gasteiger partial charge on any atom is -0.340 e. The molecular formula is C14H16N2. The Hall–Kier alpha value is -1.83. The van der Waals surface area contributed by atoms with E-state index >= 15 is 0 Å². The first-order chi connectivity index (χ1) is 7.65. The molecule has 0 saturated carbocycles. The van der Waals surface area contributed by atoms with Gasteiger partial charge < -0.3 is 5.32 Å². The maximum atomic E-state index is 4.29. The third kappa shape index (κ3) is 2.40. The molecule has 0 unspecified atom stereocenters. The van der Waals surface area contributed by atoms with Gasteiger partial charge >= 0.3 is 0 Å². The van der Waals surface area contributed by atoms with Crippen LogP contribution < -0.4 is 5.32 Å². The fourth-order valence-corrected chi connectivity index (χ4v) is 1.61. The lowest BCUT2D eigenvalue weighted by Gasteiger charge is -2.10. The maximum Gasteiger partial charge on any atom is 0.130 e. The number of aromatic nitrogens is 1. The molecule has 0 spiro atoms. The van der Waals surface area contributed by atoms with E-state index in [1.54, 1.807) is 0 Å². The molecule has 0 atom stereocenters. The molecule has 0 aliphatic rings. The predicted molar refractivity (Wildman–Crippen MR) is 68.2 cm³/mol. The van der Waals surface area contributed by atoms with Crippen LogP contribution >= 0.6 is 0 Å². The SMILES string of the molecule is Cc1ccnc(Nc2cc(C)ccc2C)c1. The normalized spacial score (nSPS) is 10.2. The van der Waals surface area contributed by atoms with Crippen molar-refractivity contribution in [2.45, 2.75) is 20.8 Å². The zero-order chi connectivity index (χ0) is 11.5. The summed E-state index contributed by atoms with van der Waals surface area (Å²) in [4.78, 5) is 4.29. The average Bonchev–Trinajstić information content (AvgIpc) is 2.24. The van der Waals surface area contributed by atoms with Gasteiger partial charge in [0.2, 0.25) is 0 Å². The van der Waals surface area contributed by atoms with E-state index in [1.165, 1.54) is 16.7 Å². The molecule has 0 amide bonds. The highest BCUT2D eigenvalue weighted by atomic mass is 15.0. The first-order valence-electron chi connectivity index (χ1n) is 5.42. The van der Waals surface area contributed by atoms with Gasteiger partial charge in [0.05, 0.1) is 0 Å². The molecule has 0 radical (unpaired) electrons. The van der Waals surface area contributed by atoms with Crippen LogP contribution in [0.25, 0.3) is 0 Å². The monoisotopic (exact) mass is 212 g/mol. The standard InChI is InChI=1S/C14H16N2/c1-10-4-5-12(3)13(8-10)16-14-9-11(2)6-7-15-14/h4-9H,1-3H3,(H,15,16). The summed E-state index contributed by atoms with van der Waals surface area (Å²) in [5, 5.41) is 3.34. The van der Waals surface area contributed by atoms with E-state index in [-0.39, 0.29) is 0 Å². The van der Waals surface area contributed by atoms with E-state index in [2.05, 4.69) is 49.3 Å². The Morgan fingerprint density at radius 2 is 1.69 bits per heavy atom. The quantitative estimate of drug-likeness (QED) is 0.820. The zero-order valence-electron chi connectivity index (χ0n) is 9.91. The second kappa shape index (κ2) is 4.35. The van der Waals surface area contributed by atoms with E-state index in [4.69, 9.17) is 0 Å². The van der Waals surface area contributed by atoms with E-state index < -0.39 is 0 Å². The zero-order valence-corrected chi connectivity index (χ0v) is 9.91. The summed E-state index contributed by atoms with van der Waals surface area (Å²) >= 11 is 0. The highest BCUT2D eigenvalue weighted by Crippen LogP contribution is 2.20. The van der Waals surface area contributed by atoms with Crippen molar-refractivity contribution < 1.29 is 0 Å². The molecule has 2 nitrogen and oxygen atoms in total. The number of hydrogen-bond donors (Lipinski definition) is 1. The third-order valence-corrected chi connectivity index (χ3v) is 2.57. The van der Waals surface area contributed by atoms with Crippen molar-refractivity contribution in [1.29, 1.82) is 0 Å². The smallest absolute Gasteiger partial charge is 0.130 e. The molecule has 0 aliphatic heterocycles. The summed E-state index contributed by atoms with van der Waals surface area (Å²) < 4.78 is 0. The molecule has 0 bridgehead atoms. The van der Waals surface area contributed by atoms with Crippen molar-refractivity contribution >= 4 is 11.5 Å². The van der Waals surface area contributed by atoms with Gasteiger partial charge in [-0.15, -0.1) is 0 Å². The van der Waals surface area contributed by atoms with Crippen molar-refractivity contribution in [1.82, 2.24) is 4.98 Å². The largest absolute Gasteiger partial charge is 0.340 e. The summed E-state index contributed by atoms with van der Waals surface area (Å²) in [6.07, 6.45) is 1.82. The van der Waals surface area contributed by atoms with Crippen LogP contribution in [0, 0.1) is 20.8 Å². The Morgan fingerprint density at radius 3 is 2.44 bits per heavy atom. The van der Waals surface area contributed by atoms with Crippen LogP contribution in [-0.4, -0.2) is 4.98 Å². The second-order valence-corrected chi connectivity index (χ2v) is 4.16. The Balaban J connectivity index is 2.30. The van der Waals surface area contributed by atoms with Gasteiger partial charge in [0.25, 0.3) is 0 Å². The Labute approximate surface area is 96.4 Å². The van der Waals surface area contributed by atoms with Gasteiger partial charge in [-0.05, 0) is 55.7 Å². The maximum absolute atomic E-state index is 4.29. The van der Waals surface area contributed by atoms with E-state index in [9.17, 15) is 0 Å². The summed E-state index contributed by atoms with van der Waals surface area (Å²) in [5.41, 5.74) is 4.82. The molecule has 2 heteroatoms.